The van der Waals surface area contributed by atoms with Crippen molar-refractivity contribution in [1.82, 2.24) is 10.2 Å². The van der Waals surface area contributed by atoms with Crippen molar-refractivity contribution >= 4 is 62.5 Å². The summed E-state index contributed by atoms with van der Waals surface area (Å²) < 4.78 is 17.9. The maximum atomic E-state index is 14.1. The second-order valence-corrected chi connectivity index (χ2v) is 13.6. The van der Waals surface area contributed by atoms with Gasteiger partial charge in [-0.3, -0.25) is 14.5 Å². The Morgan fingerprint density at radius 1 is 1.11 bits per heavy atom. The first-order valence-electron chi connectivity index (χ1n) is 14.6. The zero-order valence-electron chi connectivity index (χ0n) is 25.2. The van der Waals surface area contributed by atoms with E-state index in [9.17, 15) is 14.7 Å². The van der Waals surface area contributed by atoms with Gasteiger partial charge in [-0.2, -0.15) is 0 Å². The fourth-order valence-corrected chi connectivity index (χ4v) is 7.24. The van der Waals surface area contributed by atoms with Crippen LogP contribution in [-0.4, -0.2) is 40.7 Å². The Labute approximate surface area is 278 Å². The average molecular weight is 676 g/mol. The molecule has 0 spiro atoms. The largest absolute Gasteiger partial charge is 0.503 e. The molecule has 3 aromatic carbocycles. The number of thioether (sulfide) groups is 1. The van der Waals surface area contributed by atoms with Crippen LogP contribution in [0.3, 0.4) is 0 Å². The number of para-hydroxylation sites is 1. The number of ether oxygens (including phenoxy) is 2. The number of fused-ring (bicyclic) bond motifs is 1. The zero-order valence-corrected chi connectivity index (χ0v) is 27.6. The minimum absolute atomic E-state index is 0.0433. The van der Waals surface area contributed by atoms with Crippen molar-refractivity contribution in [1.29, 1.82) is 0 Å². The summed E-state index contributed by atoms with van der Waals surface area (Å²) in [7, 11) is 1.51. The Kier molecular flexibility index (Phi) is 9.34. The van der Waals surface area contributed by atoms with E-state index in [0.29, 0.717) is 55.7 Å². The first-order chi connectivity index (χ1) is 22.2. The van der Waals surface area contributed by atoms with E-state index < -0.39 is 23.5 Å². The molecule has 0 saturated heterocycles. The van der Waals surface area contributed by atoms with Crippen LogP contribution in [0.25, 0.3) is 11.0 Å². The Morgan fingerprint density at radius 3 is 2.70 bits per heavy atom. The summed E-state index contributed by atoms with van der Waals surface area (Å²) >= 11 is 8.94. The molecular formula is C34H30ClN3O6S2. The molecule has 1 amide bonds. The zero-order chi connectivity index (χ0) is 32.4. The first kappa shape index (κ1) is 31.7. The molecule has 0 fully saturated rings. The quantitative estimate of drug-likeness (QED) is 0.0790. The highest BCUT2D eigenvalue weighted by atomic mass is 35.5. The lowest BCUT2D eigenvalue weighted by Crippen LogP contribution is -2.31. The molecule has 0 saturated carbocycles. The van der Waals surface area contributed by atoms with Gasteiger partial charge in [-0.05, 0) is 53.8 Å². The minimum atomic E-state index is -1.03. The van der Waals surface area contributed by atoms with Crippen LogP contribution in [0.1, 0.15) is 48.0 Å². The second-order valence-electron chi connectivity index (χ2n) is 11.0. The number of ketones is 1. The van der Waals surface area contributed by atoms with Crippen molar-refractivity contribution in [2.24, 2.45) is 5.92 Å². The normalized spacial score (nSPS) is 14.9. The summed E-state index contributed by atoms with van der Waals surface area (Å²) in [6, 6.07) is 20.5. The molecule has 5 aromatic rings. The van der Waals surface area contributed by atoms with Crippen LogP contribution in [0.15, 0.2) is 92.9 Å². The fraction of sp³-hybridized carbons (Fsp3) is 0.235. The third-order valence-corrected chi connectivity index (χ3v) is 9.93. The van der Waals surface area contributed by atoms with Crippen molar-refractivity contribution in [3.8, 4) is 11.5 Å². The molecule has 12 heteroatoms. The number of methoxy groups -OCH3 is 1. The van der Waals surface area contributed by atoms with Gasteiger partial charge in [0.15, 0.2) is 27.2 Å². The van der Waals surface area contributed by atoms with Crippen LogP contribution in [0.2, 0.25) is 5.02 Å². The van der Waals surface area contributed by atoms with E-state index >= 15 is 0 Å². The number of aromatic nitrogens is 2. The van der Waals surface area contributed by atoms with Crippen LogP contribution in [0, 0.1) is 5.92 Å². The summed E-state index contributed by atoms with van der Waals surface area (Å²) in [5.41, 5.74) is 1.74. The van der Waals surface area contributed by atoms with Gasteiger partial charge in [-0.25, -0.2) is 0 Å². The number of halogens is 1. The number of carbonyl (C=O) groups is 2. The van der Waals surface area contributed by atoms with E-state index in [-0.39, 0.29) is 16.5 Å². The number of carbonyl (C=O) groups excluding carboxylic acids is 2. The molecule has 1 N–H and O–H groups in total. The molecule has 236 valence electrons. The molecule has 1 aliphatic heterocycles. The number of amides is 1. The van der Waals surface area contributed by atoms with Crippen molar-refractivity contribution in [2.45, 2.75) is 36.4 Å². The summed E-state index contributed by atoms with van der Waals surface area (Å²) in [6.07, 6.45) is 0.859. The van der Waals surface area contributed by atoms with Crippen molar-refractivity contribution in [3.05, 3.63) is 106 Å². The molecule has 3 heterocycles. The number of anilines is 1. The Bertz CT molecular complexity index is 1950. The highest BCUT2D eigenvalue weighted by Crippen LogP contribution is 2.45. The number of benzene rings is 3. The molecule has 0 radical (unpaired) electrons. The molecule has 1 unspecified atom stereocenters. The molecule has 9 nitrogen and oxygen atoms in total. The van der Waals surface area contributed by atoms with Gasteiger partial charge < -0.3 is 19.0 Å². The molecule has 0 bridgehead atoms. The summed E-state index contributed by atoms with van der Waals surface area (Å²) in [4.78, 5) is 29.2. The van der Waals surface area contributed by atoms with Crippen molar-refractivity contribution in [2.75, 3.05) is 18.6 Å². The van der Waals surface area contributed by atoms with Gasteiger partial charge in [0.1, 0.15) is 5.75 Å². The lowest BCUT2D eigenvalue weighted by Gasteiger charge is -2.24. The monoisotopic (exact) mass is 675 g/mol. The highest BCUT2D eigenvalue weighted by Gasteiger charge is 2.47. The molecule has 6 rings (SSSR count). The molecule has 0 aliphatic carbocycles. The number of aliphatic hydroxyl groups is 1. The van der Waals surface area contributed by atoms with E-state index in [1.54, 1.807) is 42.5 Å². The van der Waals surface area contributed by atoms with Gasteiger partial charge in [-0.1, -0.05) is 91.0 Å². The number of hydrogen-bond acceptors (Lipinski definition) is 10. The number of furan rings is 1. The lowest BCUT2D eigenvalue weighted by atomic mass is 9.95. The Morgan fingerprint density at radius 2 is 1.91 bits per heavy atom. The highest BCUT2D eigenvalue weighted by molar-refractivity contribution is 8.00. The van der Waals surface area contributed by atoms with Crippen LogP contribution in [-0.2, 0) is 10.5 Å². The van der Waals surface area contributed by atoms with Gasteiger partial charge >= 0.3 is 0 Å². The summed E-state index contributed by atoms with van der Waals surface area (Å²) in [6.45, 7) is 4.73. The summed E-state index contributed by atoms with van der Waals surface area (Å²) in [5, 5.41) is 21.4. The number of hydrogen-bond donors (Lipinski definition) is 1. The smallest absolute Gasteiger partial charge is 0.296 e. The van der Waals surface area contributed by atoms with Gasteiger partial charge in [0.2, 0.25) is 10.9 Å². The number of Topliss-reactive ketones (excluding diaryl/α,β-unsaturated/α-hetero) is 1. The molecule has 2 aromatic heterocycles. The van der Waals surface area contributed by atoms with Gasteiger partial charge in [-0.15, -0.1) is 10.2 Å². The van der Waals surface area contributed by atoms with Crippen LogP contribution >= 0.6 is 34.7 Å². The Hall–Kier alpha value is -4.32. The fourth-order valence-electron chi connectivity index (χ4n) is 5.09. The SMILES string of the molecule is COc1cccc2cc(C(=O)C3=C(O)C(=O)N(c4nnc(SCc5ccccc5Cl)s4)C3c3cccc(OCCC(C)C)c3)oc12. The van der Waals surface area contributed by atoms with E-state index in [4.69, 9.17) is 25.5 Å². The van der Waals surface area contributed by atoms with Crippen LogP contribution < -0.4 is 14.4 Å². The maximum absolute atomic E-state index is 14.1. The Balaban J connectivity index is 1.37. The van der Waals surface area contributed by atoms with E-state index in [0.717, 1.165) is 12.0 Å². The third-order valence-electron chi connectivity index (χ3n) is 7.45. The van der Waals surface area contributed by atoms with E-state index in [1.165, 1.54) is 35.1 Å². The van der Waals surface area contributed by atoms with E-state index in [1.807, 2.05) is 30.3 Å². The van der Waals surface area contributed by atoms with Crippen molar-refractivity contribution in [3.63, 3.8) is 0 Å². The summed E-state index contributed by atoms with van der Waals surface area (Å²) in [5.74, 6) is -0.104. The van der Waals surface area contributed by atoms with Gasteiger partial charge in [0.05, 0.1) is 25.3 Å². The van der Waals surface area contributed by atoms with Crippen LogP contribution in [0.4, 0.5) is 5.13 Å². The molecule has 1 aliphatic rings. The predicted molar refractivity (Wildman–Crippen MR) is 179 cm³/mol. The number of rotatable bonds is 12. The molecule has 46 heavy (non-hydrogen) atoms. The number of nitrogens with zero attached hydrogens (tertiary/aromatic N) is 3. The van der Waals surface area contributed by atoms with E-state index in [2.05, 4.69) is 24.0 Å². The predicted octanol–water partition coefficient (Wildman–Crippen LogP) is 8.45. The second kappa shape index (κ2) is 13.6. The topological polar surface area (TPSA) is 115 Å². The van der Waals surface area contributed by atoms with Crippen LogP contribution in [0.5, 0.6) is 11.5 Å². The standard InChI is InChI=1S/C34H30ClN3O6S2/c1-19(2)14-15-43-23-11-6-9-20(16-23)28-27(29(39)26-17-21-10-7-13-25(42-3)31(21)44-26)30(40)32(41)38(28)33-36-37-34(46-33)45-18-22-8-4-5-12-24(22)35/h4-13,16-17,19,28,40H,14-15,18H2,1-3H3. The maximum Gasteiger partial charge on any atom is 0.296 e. The molecule has 1 atom stereocenters. The van der Waals surface area contributed by atoms with Gasteiger partial charge in [0.25, 0.3) is 5.91 Å². The average Bonchev–Trinajstić information content (AvgIpc) is 3.77. The first-order valence-corrected chi connectivity index (χ1v) is 16.7. The molecular weight excluding hydrogens is 646 g/mol. The minimum Gasteiger partial charge on any atom is -0.503 e. The lowest BCUT2D eigenvalue weighted by molar-refractivity contribution is -0.117. The number of aliphatic hydroxyl groups excluding tert-OH is 1. The third kappa shape index (κ3) is 6.35. The van der Waals surface area contributed by atoms with Crippen molar-refractivity contribution < 1.29 is 28.6 Å². The van der Waals surface area contributed by atoms with Gasteiger partial charge in [0, 0.05) is 16.2 Å².